The van der Waals surface area contributed by atoms with Gasteiger partial charge in [0.05, 0.1) is 11.4 Å². The van der Waals surface area contributed by atoms with Gasteiger partial charge in [-0.15, -0.1) is 5.10 Å². The fourth-order valence-electron chi connectivity index (χ4n) is 2.80. The van der Waals surface area contributed by atoms with Crippen molar-refractivity contribution in [1.82, 2.24) is 25.2 Å². The summed E-state index contributed by atoms with van der Waals surface area (Å²) in [7, 11) is 0. The Labute approximate surface area is 140 Å². The van der Waals surface area contributed by atoms with E-state index in [0.29, 0.717) is 23.7 Å². The molecule has 1 aromatic carbocycles. The molecule has 0 spiro atoms. The number of carbonyl (C=O) groups is 1. The van der Waals surface area contributed by atoms with E-state index in [1.807, 2.05) is 36.1 Å². The van der Waals surface area contributed by atoms with Crippen LogP contribution in [-0.2, 0) is 6.42 Å². The SMILES string of the molecule is CCc1c(C(=O)N2CCCNCC2)nnn1-c1cccc(Cl)c1. The zero-order valence-corrected chi connectivity index (χ0v) is 13.9. The summed E-state index contributed by atoms with van der Waals surface area (Å²) in [6.07, 6.45) is 1.63. The van der Waals surface area contributed by atoms with E-state index in [2.05, 4.69) is 15.6 Å². The minimum absolute atomic E-state index is 0.0428. The molecule has 1 aliphatic rings. The van der Waals surface area contributed by atoms with Crippen LogP contribution in [0.25, 0.3) is 5.69 Å². The van der Waals surface area contributed by atoms with Gasteiger partial charge >= 0.3 is 0 Å². The van der Waals surface area contributed by atoms with Gasteiger partial charge in [-0.25, -0.2) is 4.68 Å². The standard InChI is InChI=1S/C16H20ClN5O/c1-2-14-15(16(23)21-9-4-7-18-8-10-21)19-20-22(14)13-6-3-5-12(17)11-13/h3,5-6,11,18H,2,4,7-10H2,1H3. The molecule has 1 saturated heterocycles. The van der Waals surface area contributed by atoms with Crippen LogP contribution in [0.5, 0.6) is 0 Å². The molecule has 2 heterocycles. The van der Waals surface area contributed by atoms with Gasteiger partial charge in [-0.3, -0.25) is 4.79 Å². The summed E-state index contributed by atoms with van der Waals surface area (Å²) in [5.74, 6) is -0.0428. The van der Waals surface area contributed by atoms with Crippen LogP contribution in [0.4, 0.5) is 0 Å². The van der Waals surface area contributed by atoms with Gasteiger partial charge in [0.1, 0.15) is 0 Å². The van der Waals surface area contributed by atoms with Crippen molar-refractivity contribution in [3.63, 3.8) is 0 Å². The molecule has 122 valence electrons. The van der Waals surface area contributed by atoms with Crippen LogP contribution in [-0.4, -0.2) is 52.0 Å². The Bertz CT molecular complexity index is 692. The maximum atomic E-state index is 12.8. The number of nitrogens with zero attached hydrogens (tertiary/aromatic N) is 4. The van der Waals surface area contributed by atoms with Gasteiger partial charge in [-0.05, 0) is 37.6 Å². The summed E-state index contributed by atoms with van der Waals surface area (Å²) in [5.41, 5.74) is 2.07. The predicted molar refractivity (Wildman–Crippen MR) is 89.1 cm³/mol. The Hall–Kier alpha value is -1.92. The van der Waals surface area contributed by atoms with E-state index in [0.717, 1.165) is 37.4 Å². The van der Waals surface area contributed by atoms with E-state index in [1.165, 1.54) is 0 Å². The molecular weight excluding hydrogens is 314 g/mol. The molecule has 3 rings (SSSR count). The van der Waals surface area contributed by atoms with E-state index < -0.39 is 0 Å². The lowest BCUT2D eigenvalue weighted by Gasteiger charge is -2.19. The first-order valence-corrected chi connectivity index (χ1v) is 8.29. The summed E-state index contributed by atoms with van der Waals surface area (Å²) < 4.78 is 1.70. The van der Waals surface area contributed by atoms with Crippen molar-refractivity contribution >= 4 is 17.5 Å². The molecule has 0 radical (unpaired) electrons. The Morgan fingerprint density at radius 1 is 1.35 bits per heavy atom. The Morgan fingerprint density at radius 3 is 3.00 bits per heavy atom. The molecule has 1 aromatic heterocycles. The maximum absolute atomic E-state index is 12.8. The number of rotatable bonds is 3. The lowest BCUT2D eigenvalue weighted by atomic mass is 10.2. The van der Waals surface area contributed by atoms with Crippen LogP contribution in [0.3, 0.4) is 0 Å². The Balaban J connectivity index is 1.93. The third-order valence-corrected chi connectivity index (χ3v) is 4.22. The number of nitrogens with one attached hydrogen (secondary N) is 1. The second-order valence-electron chi connectivity index (χ2n) is 5.53. The normalized spacial score (nSPS) is 15.5. The number of carbonyl (C=O) groups excluding carboxylic acids is 1. The first-order chi connectivity index (χ1) is 11.2. The molecule has 0 aliphatic carbocycles. The maximum Gasteiger partial charge on any atom is 0.276 e. The summed E-state index contributed by atoms with van der Waals surface area (Å²) >= 11 is 6.06. The van der Waals surface area contributed by atoms with E-state index in [1.54, 1.807) is 4.68 Å². The highest BCUT2D eigenvalue weighted by atomic mass is 35.5. The number of halogens is 1. The topological polar surface area (TPSA) is 63.1 Å². The van der Waals surface area contributed by atoms with Gasteiger partial charge in [0, 0.05) is 24.7 Å². The molecule has 0 unspecified atom stereocenters. The summed E-state index contributed by atoms with van der Waals surface area (Å²) in [6.45, 7) is 5.21. The molecule has 2 aromatic rings. The van der Waals surface area contributed by atoms with Crippen molar-refractivity contribution in [1.29, 1.82) is 0 Å². The predicted octanol–water partition coefficient (Wildman–Crippen LogP) is 1.92. The molecule has 1 fully saturated rings. The van der Waals surface area contributed by atoms with E-state index >= 15 is 0 Å². The second-order valence-corrected chi connectivity index (χ2v) is 5.96. The van der Waals surface area contributed by atoms with Gasteiger partial charge in [0.15, 0.2) is 5.69 Å². The van der Waals surface area contributed by atoms with E-state index in [4.69, 9.17) is 11.6 Å². The van der Waals surface area contributed by atoms with Crippen LogP contribution in [0.1, 0.15) is 29.5 Å². The minimum Gasteiger partial charge on any atom is -0.336 e. The molecule has 1 aliphatic heterocycles. The van der Waals surface area contributed by atoms with Gasteiger partial charge in [0.2, 0.25) is 0 Å². The highest BCUT2D eigenvalue weighted by Gasteiger charge is 2.24. The first kappa shape index (κ1) is 16.0. The largest absolute Gasteiger partial charge is 0.336 e. The van der Waals surface area contributed by atoms with Crippen molar-refractivity contribution in [2.24, 2.45) is 0 Å². The van der Waals surface area contributed by atoms with Crippen molar-refractivity contribution in [2.45, 2.75) is 19.8 Å². The highest BCUT2D eigenvalue weighted by Crippen LogP contribution is 2.19. The number of hydrogen-bond donors (Lipinski definition) is 1. The van der Waals surface area contributed by atoms with Gasteiger partial charge in [-0.2, -0.15) is 0 Å². The summed E-state index contributed by atoms with van der Waals surface area (Å²) in [6, 6.07) is 7.40. The van der Waals surface area contributed by atoms with Gasteiger partial charge in [0.25, 0.3) is 5.91 Å². The van der Waals surface area contributed by atoms with E-state index in [9.17, 15) is 4.79 Å². The van der Waals surface area contributed by atoms with E-state index in [-0.39, 0.29) is 5.91 Å². The third-order valence-electron chi connectivity index (χ3n) is 3.98. The minimum atomic E-state index is -0.0428. The van der Waals surface area contributed by atoms with Crippen LogP contribution < -0.4 is 5.32 Å². The lowest BCUT2D eigenvalue weighted by molar-refractivity contribution is 0.0759. The first-order valence-electron chi connectivity index (χ1n) is 7.91. The average molecular weight is 334 g/mol. The molecule has 6 nitrogen and oxygen atoms in total. The Morgan fingerprint density at radius 2 is 2.22 bits per heavy atom. The highest BCUT2D eigenvalue weighted by molar-refractivity contribution is 6.30. The zero-order valence-electron chi connectivity index (χ0n) is 13.1. The fourth-order valence-corrected chi connectivity index (χ4v) is 2.98. The Kier molecular flexibility index (Phi) is 4.93. The molecule has 0 bridgehead atoms. The summed E-state index contributed by atoms with van der Waals surface area (Å²) in [5, 5.41) is 12.3. The number of hydrogen-bond acceptors (Lipinski definition) is 4. The van der Waals surface area contributed by atoms with Crippen molar-refractivity contribution in [3.8, 4) is 5.69 Å². The monoisotopic (exact) mass is 333 g/mol. The average Bonchev–Trinajstić information content (AvgIpc) is 2.80. The molecule has 23 heavy (non-hydrogen) atoms. The molecule has 0 saturated carbocycles. The van der Waals surface area contributed by atoms with Crippen molar-refractivity contribution in [3.05, 3.63) is 40.7 Å². The molecule has 0 atom stereocenters. The van der Waals surface area contributed by atoms with Crippen molar-refractivity contribution in [2.75, 3.05) is 26.2 Å². The number of aromatic nitrogens is 3. The summed E-state index contributed by atoms with van der Waals surface area (Å²) in [4.78, 5) is 14.7. The second kappa shape index (κ2) is 7.10. The fraction of sp³-hybridized carbons (Fsp3) is 0.438. The lowest BCUT2D eigenvalue weighted by Crippen LogP contribution is -2.35. The van der Waals surface area contributed by atoms with Crippen LogP contribution in [0.15, 0.2) is 24.3 Å². The van der Waals surface area contributed by atoms with Crippen LogP contribution >= 0.6 is 11.6 Å². The van der Waals surface area contributed by atoms with Gasteiger partial charge in [-0.1, -0.05) is 29.8 Å². The molecular formula is C16H20ClN5O. The van der Waals surface area contributed by atoms with Gasteiger partial charge < -0.3 is 10.2 Å². The van der Waals surface area contributed by atoms with Crippen LogP contribution in [0, 0.1) is 0 Å². The van der Waals surface area contributed by atoms with Crippen LogP contribution in [0.2, 0.25) is 5.02 Å². The number of amides is 1. The zero-order chi connectivity index (χ0) is 16.2. The number of benzene rings is 1. The smallest absolute Gasteiger partial charge is 0.276 e. The molecule has 1 amide bonds. The quantitative estimate of drug-likeness (QED) is 0.932. The molecule has 7 heteroatoms. The van der Waals surface area contributed by atoms with Crippen molar-refractivity contribution < 1.29 is 4.79 Å². The third kappa shape index (κ3) is 3.38. The molecule has 1 N–H and O–H groups in total.